The first-order chi connectivity index (χ1) is 12.3. The van der Waals surface area contributed by atoms with Gasteiger partial charge in [0, 0.05) is 39.8 Å². The number of carbonyl (C=O) groups excluding carboxylic acids is 1. The summed E-state index contributed by atoms with van der Waals surface area (Å²) in [6.07, 6.45) is 2.99. The largest absolute Gasteiger partial charge is 0.459 e. The van der Waals surface area contributed by atoms with E-state index >= 15 is 0 Å². The summed E-state index contributed by atoms with van der Waals surface area (Å²) in [4.78, 5) is 19.8. The zero-order valence-electron chi connectivity index (χ0n) is 13.4. The van der Waals surface area contributed by atoms with Gasteiger partial charge < -0.3 is 9.72 Å². The number of rotatable bonds is 6. The van der Waals surface area contributed by atoms with E-state index in [1.54, 1.807) is 22.7 Å². The molecule has 0 saturated heterocycles. The lowest BCUT2D eigenvalue weighted by Crippen LogP contribution is -2.06. The summed E-state index contributed by atoms with van der Waals surface area (Å²) in [5, 5.41) is 8.16. The number of benzene rings is 1. The number of thiophene rings is 1. The van der Waals surface area contributed by atoms with Gasteiger partial charge in [0.2, 0.25) is 0 Å². The normalized spacial score (nSPS) is 11.0. The van der Waals surface area contributed by atoms with Gasteiger partial charge in [0.25, 0.3) is 0 Å². The molecule has 0 unspecified atom stereocenters. The number of esters is 1. The molecule has 0 amide bonds. The molecule has 1 N–H and O–H groups in total. The minimum absolute atomic E-state index is 0.199. The Kier molecular flexibility index (Phi) is 4.63. The quantitative estimate of drug-likeness (QED) is 0.486. The minimum Gasteiger partial charge on any atom is -0.459 e. The van der Waals surface area contributed by atoms with E-state index in [4.69, 9.17) is 4.74 Å². The van der Waals surface area contributed by atoms with Gasteiger partial charge in [-0.15, -0.1) is 11.3 Å². The first-order valence-corrected chi connectivity index (χ1v) is 9.79. The minimum atomic E-state index is -0.199. The molecule has 0 saturated carbocycles. The summed E-state index contributed by atoms with van der Waals surface area (Å²) >= 11 is 3.22. The summed E-state index contributed by atoms with van der Waals surface area (Å²) in [5.41, 5.74) is 4.15. The molecule has 4 aromatic rings. The molecule has 3 aromatic heterocycles. The Bertz CT molecular complexity index is 986. The predicted molar refractivity (Wildman–Crippen MR) is 102 cm³/mol. The molecule has 0 aliphatic rings. The van der Waals surface area contributed by atoms with E-state index in [9.17, 15) is 4.79 Å². The average Bonchev–Trinajstić information content (AvgIpc) is 3.38. The van der Waals surface area contributed by atoms with E-state index in [0.717, 1.165) is 32.7 Å². The van der Waals surface area contributed by atoms with Gasteiger partial charge in [-0.1, -0.05) is 18.2 Å². The number of fused-ring (bicyclic) bond motifs is 1. The molecule has 0 atom stereocenters. The summed E-state index contributed by atoms with van der Waals surface area (Å²) in [5.74, 6) is -0.199. The number of ether oxygens (including phenoxy) is 1. The maximum absolute atomic E-state index is 12.0. The van der Waals surface area contributed by atoms with Crippen LogP contribution in [0.5, 0.6) is 0 Å². The molecule has 25 heavy (non-hydrogen) atoms. The second-order valence-electron chi connectivity index (χ2n) is 5.68. The molecule has 0 aliphatic heterocycles. The van der Waals surface area contributed by atoms with Gasteiger partial charge in [0.15, 0.2) is 0 Å². The number of H-pyrrole nitrogens is 1. The van der Waals surface area contributed by atoms with Gasteiger partial charge in [0.1, 0.15) is 11.6 Å². The summed E-state index contributed by atoms with van der Waals surface area (Å²) in [7, 11) is 0. The van der Waals surface area contributed by atoms with Crippen LogP contribution in [0.1, 0.15) is 17.7 Å². The summed E-state index contributed by atoms with van der Waals surface area (Å²) < 4.78 is 5.37. The van der Waals surface area contributed by atoms with E-state index < -0.39 is 0 Å². The van der Waals surface area contributed by atoms with E-state index in [-0.39, 0.29) is 12.6 Å². The van der Waals surface area contributed by atoms with Crippen molar-refractivity contribution in [3.63, 3.8) is 0 Å². The van der Waals surface area contributed by atoms with Crippen molar-refractivity contribution >= 4 is 39.5 Å². The van der Waals surface area contributed by atoms with Crippen LogP contribution in [0.4, 0.5) is 0 Å². The SMILES string of the molecule is O=C(CCc1c[nH]c2ccccc12)OCc1csc(-c2ccsc2)n1. The number of aromatic nitrogens is 2. The molecular weight excluding hydrogens is 352 g/mol. The van der Waals surface area contributed by atoms with Gasteiger partial charge >= 0.3 is 5.97 Å². The third-order valence-electron chi connectivity index (χ3n) is 3.97. The number of aryl methyl sites for hydroxylation is 1. The number of thiazole rings is 1. The fourth-order valence-electron chi connectivity index (χ4n) is 2.69. The molecule has 4 nitrogen and oxygen atoms in total. The van der Waals surface area contributed by atoms with Crippen molar-refractivity contribution in [3.05, 3.63) is 63.9 Å². The lowest BCUT2D eigenvalue weighted by molar-refractivity contribution is -0.145. The van der Waals surface area contributed by atoms with E-state index in [1.165, 1.54) is 0 Å². The molecule has 1 aromatic carbocycles. The number of hydrogen-bond donors (Lipinski definition) is 1. The summed E-state index contributed by atoms with van der Waals surface area (Å²) in [6.45, 7) is 0.230. The second kappa shape index (κ2) is 7.21. The van der Waals surface area contributed by atoms with Crippen LogP contribution in [-0.2, 0) is 22.6 Å². The van der Waals surface area contributed by atoms with Crippen LogP contribution in [0.25, 0.3) is 21.5 Å². The molecule has 126 valence electrons. The second-order valence-corrected chi connectivity index (χ2v) is 7.31. The highest BCUT2D eigenvalue weighted by atomic mass is 32.1. The third kappa shape index (κ3) is 3.65. The van der Waals surface area contributed by atoms with Crippen LogP contribution >= 0.6 is 22.7 Å². The Morgan fingerprint density at radius 1 is 1.20 bits per heavy atom. The maximum Gasteiger partial charge on any atom is 0.306 e. The predicted octanol–water partition coefficient (Wildman–Crippen LogP) is 5.03. The molecule has 6 heteroatoms. The highest BCUT2D eigenvalue weighted by Crippen LogP contribution is 2.26. The van der Waals surface area contributed by atoms with Crippen molar-refractivity contribution in [2.24, 2.45) is 0 Å². The molecule has 3 heterocycles. The van der Waals surface area contributed by atoms with Crippen molar-refractivity contribution in [1.29, 1.82) is 0 Å². The monoisotopic (exact) mass is 368 g/mol. The molecule has 0 fully saturated rings. The Balaban J connectivity index is 1.31. The molecule has 0 spiro atoms. The molecule has 4 rings (SSSR count). The zero-order valence-corrected chi connectivity index (χ0v) is 15.0. The van der Waals surface area contributed by atoms with Gasteiger partial charge in [-0.25, -0.2) is 4.98 Å². The molecular formula is C19H16N2O2S2. The Labute approximate surface area is 153 Å². The fraction of sp³-hybridized carbons (Fsp3) is 0.158. The smallest absolute Gasteiger partial charge is 0.306 e. The van der Waals surface area contributed by atoms with Crippen molar-refractivity contribution in [1.82, 2.24) is 9.97 Å². The fourth-order valence-corrected chi connectivity index (χ4v) is 4.21. The number of hydrogen-bond acceptors (Lipinski definition) is 5. The van der Waals surface area contributed by atoms with Crippen LogP contribution in [0.2, 0.25) is 0 Å². The molecule has 0 radical (unpaired) electrons. The van der Waals surface area contributed by atoms with Crippen LogP contribution in [0, 0.1) is 0 Å². The Morgan fingerprint density at radius 2 is 2.12 bits per heavy atom. The van der Waals surface area contributed by atoms with Crippen LogP contribution in [-0.4, -0.2) is 15.9 Å². The van der Waals surface area contributed by atoms with Crippen molar-refractivity contribution in [3.8, 4) is 10.6 Å². The van der Waals surface area contributed by atoms with Crippen LogP contribution in [0.15, 0.2) is 52.7 Å². The number of nitrogens with zero attached hydrogens (tertiary/aromatic N) is 1. The highest BCUT2D eigenvalue weighted by Gasteiger charge is 2.10. The zero-order chi connectivity index (χ0) is 17.1. The lowest BCUT2D eigenvalue weighted by Gasteiger charge is -2.02. The average molecular weight is 368 g/mol. The van der Waals surface area contributed by atoms with E-state index in [2.05, 4.69) is 21.4 Å². The maximum atomic E-state index is 12.0. The topological polar surface area (TPSA) is 55.0 Å². The third-order valence-corrected chi connectivity index (χ3v) is 5.60. The number of nitrogens with one attached hydrogen (secondary N) is 1. The lowest BCUT2D eigenvalue weighted by atomic mass is 10.1. The highest BCUT2D eigenvalue weighted by molar-refractivity contribution is 7.14. The van der Waals surface area contributed by atoms with Crippen LogP contribution in [0.3, 0.4) is 0 Å². The summed E-state index contributed by atoms with van der Waals surface area (Å²) in [6, 6.07) is 10.1. The van der Waals surface area contributed by atoms with Crippen molar-refractivity contribution in [2.45, 2.75) is 19.4 Å². The van der Waals surface area contributed by atoms with Gasteiger partial charge in [-0.05, 0) is 29.5 Å². The van der Waals surface area contributed by atoms with Crippen molar-refractivity contribution in [2.75, 3.05) is 0 Å². The number of carbonyl (C=O) groups is 1. The van der Waals surface area contributed by atoms with Gasteiger partial charge in [-0.3, -0.25) is 4.79 Å². The van der Waals surface area contributed by atoms with E-state index in [0.29, 0.717) is 12.8 Å². The Morgan fingerprint density at radius 3 is 3.00 bits per heavy atom. The first kappa shape index (κ1) is 16.1. The number of aromatic amines is 1. The first-order valence-electron chi connectivity index (χ1n) is 7.97. The van der Waals surface area contributed by atoms with Crippen LogP contribution < -0.4 is 0 Å². The van der Waals surface area contributed by atoms with Crippen molar-refractivity contribution < 1.29 is 9.53 Å². The molecule has 0 bridgehead atoms. The van der Waals surface area contributed by atoms with E-state index in [1.807, 2.05) is 41.2 Å². The Hall–Kier alpha value is -2.44. The van der Waals surface area contributed by atoms with Gasteiger partial charge in [-0.2, -0.15) is 11.3 Å². The number of para-hydroxylation sites is 1. The standard InChI is InChI=1S/C19H16N2O2S2/c22-18(6-5-13-9-20-17-4-2-1-3-16(13)17)23-10-15-12-25-19(21-15)14-7-8-24-11-14/h1-4,7-9,11-12,20H,5-6,10H2. The molecule has 0 aliphatic carbocycles. The van der Waals surface area contributed by atoms with Gasteiger partial charge in [0.05, 0.1) is 5.69 Å².